The van der Waals surface area contributed by atoms with Crippen molar-refractivity contribution in [3.05, 3.63) is 24.3 Å². The summed E-state index contributed by atoms with van der Waals surface area (Å²) in [5.41, 5.74) is 0.513. The zero-order valence-corrected chi connectivity index (χ0v) is 17.1. The molecule has 8 heteroatoms. The first-order valence-electron chi connectivity index (χ1n) is 9.14. The third-order valence-corrected chi connectivity index (χ3v) is 3.55. The summed E-state index contributed by atoms with van der Waals surface area (Å²) in [5.74, 6) is -2.32. The van der Waals surface area contributed by atoms with E-state index in [0.29, 0.717) is 12.8 Å². The molecule has 0 heterocycles. The highest BCUT2D eigenvalue weighted by Gasteiger charge is 2.18. The lowest BCUT2D eigenvalue weighted by Crippen LogP contribution is -2.26. The zero-order valence-electron chi connectivity index (χ0n) is 17.1. The van der Waals surface area contributed by atoms with Crippen molar-refractivity contribution >= 4 is 23.9 Å². The van der Waals surface area contributed by atoms with Gasteiger partial charge in [0, 0.05) is 11.1 Å². The molecular formula is C20H30O8. The maximum atomic E-state index is 11.7. The Morgan fingerprint density at radius 3 is 1.29 bits per heavy atom. The topological polar surface area (TPSA) is 105 Å². The lowest BCUT2D eigenvalue weighted by Gasteiger charge is -2.17. The van der Waals surface area contributed by atoms with Gasteiger partial charge in [-0.25, -0.2) is 9.59 Å². The Morgan fingerprint density at radius 2 is 1.04 bits per heavy atom. The molecule has 0 aliphatic rings. The molecule has 0 spiro atoms. The third kappa shape index (κ3) is 11.2. The van der Waals surface area contributed by atoms with Crippen LogP contribution in [0.2, 0.25) is 0 Å². The fraction of sp³-hybridized carbons (Fsp3) is 0.600. The van der Waals surface area contributed by atoms with E-state index >= 15 is 0 Å². The fourth-order valence-corrected chi connectivity index (χ4v) is 1.69. The predicted octanol–water partition coefficient (Wildman–Crippen LogP) is 2.65. The van der Waals surface area contributed by atoms with Gasteiger partial charge in [-0.3, -0.25) is 9.59 Å². The number of rotatable bonds is 13. The highest BCUT2D eigenvalue weighted by Crippen LogP contribution is 2.07. The summed E-state index contributed by atoms with van der Waals surface area (Å²) in [6.45, 7) is 13.4. The standard InChI is InChI=1S/C20H30O8/c1-7-15(27-19(23)13(3)4)11-25-17(21)9-10-18(22)26-12-16(8-2)28-20(24)14(5)6/h15-16H,3,5,7-12H2,1-2,4,6H3. The average Bonchev–Trinajstić information content (AvgIpc) is 2.65. The van der Waals surface area contributed by atoms with Crippen molar-refractivity contribution in [1.29, 1.82) is 0 Å². The first kappa shape index (κ1) is 25.4. The number of carbonyl (C=O) groups is 4. The molecule has 0 rings (SSSR count). The number of esters is 4. The fourth-order valence-electron chi connectivity index (χ4n) is 1.69. The molecule has 0 aromatic carbocycles. The Kier molecular flexibility index (Phi) is 12.2. The van der Waals surface area contributed by atoms with Crippen LogP contribution in [0.3, 0.4) is 0 Å². The minimum atomic E-state index is -0.609. The van der Waals surface area contributed by atoms with E-state index in [1.807, 2.05) is 0 Å². The van der Waals surface area contributed by atoms with E-state index in [9.17, 15) is 19.2 Å². The summed E-state index contributed by atoms with van der Waals surface area (Å²) in [7, 11) is 0. The van der Waals surface area contributed by atoms with Crippen LogP contribution in [0.1, 0.15) is 53.4 Å². The predicted molar refractivity (Wildman–Crippen MR) is 101 cm³/mol. The van der Waals surface area contributed by atoms with E-state index in [1.165, 1.54) is 13.8 Å². The van der Waals surface area contributed by atoms with Gasteiger partial charge in [0.2, 0.25) is 0 Å². The third-order valence-electron chi connectivity index (χ3n) is 3.55. The molecule has 8 nitrogen and oxygen atoms in total. The van der Waals surface area contributed by atoms with Gasteiger partial charge in [0.05, 0.1) is 12.8 Å². The van der Waals surface area contributed by atoms with Crippen LogP contribution < -0.4 is 0 Å². The summed E-state index contributed by atoms with van der Waals surface area (Å²) in [6, 6.07) is 0. The molecule has 0 saturated heterocycles. The van der Waals surface area contributed by atoms with E-state index < -0.39 is 36.1 Å². The van der Waals surface area contributed by atoms with E-state index in [0.717, 1.165) is 0 Å². The van der Waals surface area contributed by atoms with Crippen LogP contribution in [-0.2, 0) is 38.1 Å². The number of hydrogen-bond donors (Lipinski definition) is 0. The van der Waals surface area contributed by atoms with E-state index in [2.05, 4.69) is 13.2 Å². The van der Waals surface area contributed by atoms with Crippen LogP contribution in [-0.4, -0.2) is 49.3 Å². The molecule has 0 amide bonds. The van der Waals surface area contributed by atoms with E-state index in [1.54, 1.807) is 13.8 Å². The SMILES string of the molecule is C=C(C)C(=O)OC(CC)COC(=O)CCC(=O)OCC(CC)OC(=O)C(=C)C. The van der Waals surface area contributed by atoms with Gasteiger partial charge in [0.1, 0.15) is 25.4 Å². The van der Waals surface area contributed by atoms with Gasteiger partial charge in [-0.1, -0.05) is 27.0 Å². The van der Waals surface area contributed by atoms with Crippen LogP contribution >= 0.6 is 0 Å². The lowest BCUT2D eigenvalue weighted by atomic mass is 10.2. The average molecular weight is 398 g/mol. The Bertz CT molecular complexity index is 541. The Labute approximate surface area is 165 Å². The van der Waals surface area contributed by atoms with Crippen LogP contribution in [0.15, 0.2) is 24.3 Å². The Balaban J connectivity index is 4.18. The number of carbonyl (C=O) groups excluding carboxylic acids is 4. The summed E-state index contributed by atoms with van der Waals surface area (Å²) >= 11 is 0. The summed E-state index contributed by atoms with van der Waals surface area (Å²) < 4.78 is 20.3. The van der Waals surface area contributed by atoms with Crippen LogP contribution in [0.25, 0.3) is 0 Å². The van der Waals surface area contributed by atoms with Crippen molar-refractivity contribution in [2.24, 2.45) is 0 Å². The van der Waals surface area contributed by atoms with Gasteiger partial charge in [-0.15, -0.1) is 0 Å². The molecule has 0 aromatic heterocycles. The molecule has 0 aromatic rings. The van der Waals surface area contributed by atoms with Crippen molar-refractivity contribution in [2.75, 3.05) is 13.2 Å². The van der Waals surface area contributed by atoms with Crippen molar-refractivity contribution in [3.63, 3.8) is 0 Å². The molecule has 158 valence electrons. The second kappa shape index (κ2) is 13.5. The van der Waals surface area contributed by atoms with E-state index in [4.69, 9.17) is 18.9 Å². The highest BCUT2D eigenvalue weighted by molar-refractivity contribution is 5.87. The first-order valence-corrected chi connectivity index (χ1v) is 9.14. The zero-order chi connectivity index (χ0) is 21.7. The summed E-state index contributed by atoms with van der Waals surface area (Å²) in [5, 5.41) is 0. The molecule has 0 fully saturated rings. The minimum absolute atomic E-state index is 0.0990. The second-order valence-corrected chi connectivity index (χ2v) is 6.30. The van der Waals surface area contributed by atoms with Gasteiger partial charge < -0.3 is 18.9 Å². The van der Waals surface area contributed by atoms with Crippen molar-refractivity contribution < 1.29 is 38.1 Å². The first-order chi connectivity index (χ1) is 13.1. The summed E-state index contributed by atoms with van der Waals surface area (Å²) in [6.07, 6.45) is -0.564. The number of ether oxygens (including phenoxy) is 4. The van der Waals surface area contributed by atoms with Crippen LogP contribution in [0.5, 0.6) is 0 Å². The maximum absolute atomic E-state index is 11.7. The smallest absolute Gasteiger partial charge is 0.333 e. The van der Waals surface area contributed by atoms with Crippen molar-refractivity contribution in [1.82, 2.24) is 0 Å². The van der Waals surface area contributed by atoms with Crippen molar-refractivity contribution in [2.45, 2.75) is 65.6 Å². The largest absolute Gasteiger partial charge is 0.462 e. The highest BCUT2D eigenvalue weighted by atomic mass is 16.6. The molecule has 0 N–H and O–H groups in total. The lowest BCUT2D eigenvalue weighted by molar-refractivity contribution is -0.160. The molecule has 0 bridgehead atoms. The number of hydrogen-bond acceptors (Lipinski definition) is 8. The van der Waals surface area contributed by atoms with Gasteiger partial charge in [0.15, 0.2) is 0 Å². The minimum Gasteiger partial charge on any atom is -0.462 e. The van der Waals surface area contributed by atoms with Crippen LogP contribution in [0, 0.1) is 0 Å². The van der Waals surface area contributed by atoms with Gasteiger partial charge in [-0.05, 0) is 26.7 Å². The molecule has 2 atom stereocenters. The summed E-state index contributed by atoms with van der Waals surface area (Å²) in [4.78, 5) is 46.4. The quantitative estimate of drug-likeness (QED) is 0.265. The van der Waals surface area contributed by atoms with Gasteiger partial charge >= 0.3 is 23.9 Å². The van der Waals surface area contributed by atoms with E-state index in [-0.39, 0.29) is 37.2 Å². The van der Waals surface area contributed by atoms with Crippen molar-refractivity contribution in [3.8, 4) is 0 Å². The molecule has 0 saturated carbocycles. The normalized spacial score (nSPS) is 12.3. The Hall–Kier alpha value is -2.64. The molecule has 0 aliphatic heterocycles. The molecule has 0 radical (unpaired) electrons. The van der Waals surface area contributed by atoms with Crippen LogP contribution in [0.4, 0.5) is 0 Å². The second-order valence-electron chi connectivity index (χ2n) is 6.30. The van der Waals surface area contributed by atoms with Gasteiger partial charge in [0.25, 0.3) is 0 Å². The molecule has 0 aliphatic carbocycles. The van der Waals surface area contributed by atoms with Gasteiger partial charge in [-0.2, -0.15) is 0 Å². The molecule has 28 heavy (non-hydrogen) atoms. The Morgan fingerprint density at radius 1 is 0.714 bits per heavy atom. The molecular weight excluding hydrogens is 368 g/mol. The maximum Gasteiger partial charge on any atom is 0.333 e. The molecule has 2 unspecified atom stereocenters. The monoisotopic (exact) mass is 398 g/mol.